The summed E-state index contributed by atoms with van der Waals surface area (Å²) in [5.41, 5.74) is 4.56. The second-order valence-electron chi connectivity index (χ2n) is 8.56. The Morgan fingerprint density at radius 2 is 1.66 bits per heavy atom. The zero-order chi connectivity index (χ0) is 22.1. The number of benzene rings is 3. The van der Waals surface area contributed by atoms with Crippen LogP contribution in [0.2, 0.25) is 0 Å². The Kier molecular flexibility index (Phi) is 5.39. The first-order valence-electron chi connectivity index (χ1n) is 11.0. The number of methoxy groups -OCH3 is 1. The van der Waals surface area contributed by atoms with E-state index < -0.39 is 0 Å². The monoisotopic (exact) mass is 425 g/mol. The fraction of sp³-hybridized carbons (Fsp3) is 0.259. The largest absolute Gasteiger partial charge is 0.497 e. The Hall–Kier alpha value is -3.60. The molecule has 3 aromatic carbocycles. The van der Waals surface area contributed by atoms with Gasteiger partial charge in [0.25, 0.3) is 0 Å². The van der Waals surface area contributed by atoms with E-state index in [0.29, 0.717) is 17.7 Å². The van der Waals surface area contributed by atoms with Gasteiger partial charge in [0, 0.05) is 23.8 Å². The van der Waals surface area contributed by atoms with Crippen LogP contribution in [-0.4, -0.2) is 23.3 Å². The number of ether oxygens (including phenoxy) is 1. The van der Waals surface area contributed by atoms with E-state index in [1.807, 2.05) is 36.4 Å². The smallest absolute Gasteiger partial charge is 0.247 e. The zero-order valence-corrected chi connectivity index (χ0v) is 18.6. The minimum Gasteiger partial charge on any atom is -0.497 e. The molecule has 0 spiro atoms. The molecule has 0 fully saturated rings. The second-order valence-corrected chi connectivity index (χ2v) is 8.56. The van der Waals surface area contributed by atoms with Gasteiger partial charge >= 0.3 is 0 Å². The van der Waals surface area contributed by atoms with Gasteiger partial charge in [0.2, 0.25) is 11.8 Å². The lowest BCUT2D eigenvalue weighted by Gasteiger charge is -2.32. The number of hydrogen-bond acceptors (Lipinski definition) is 5. The molecule has 5 nitrogen and oxygen atoms in total. The molecule has 5 rings (SSSR count). The number of rotatable bonds is 6. The first kappa shape index (κ1) is 20.3. The van der Waals surface area contributed by atoms with E-state index in [0.717, 1.165) is 17.9 Å². The fourth-order valence-electron chi connectivity index (χ4n) is 4.75. The summed E-state index contributed by atoms with van der Waals surface area (Å²) < 4.78 is 11.8. The van der Waals surface area contributed by atoms with Gasteiger partial charge in [-0.1, -0.05) is 62.4 Å². The summed E-state index contributed by atoms with van der Waals surface area (Å²) in [6, 6.07) is 27.0. The molecule has 0 bridgehead atoms. The van der Waals surface area contributed by atoms with Gasteiger partial charge in [0.05, 0.1) is 13.0 Å². The highest BCUT2D eigenvalue weighted by molar-refractivity contribution is 5.66. The van der Waals surface area contributed by atoms with E-state index in [4.69, 9.17) is 9.15 Å². The van der Waals surface area contributed by atoms with Gasteiger partial charge in [0.15, 0.2) is 0 Å². The molecule has 0 saturated carbocycles. The van der Waals surface area contributed by atoms with Crippen molar-refractivity contribution in [2.45, 2.75) is 32.4 Å². The molecule has 1 aromatic heterocycles. The lowest BCUT2D eigenvalue weighted by atomic mass is 9.87. The molecule has 0 radical (unpaired) electrons. The molecule has 1 aliphatic heterocycles. The summed E-state index contributed by atoms with van der Waals surface area (Å²) in [5.74, 6) is 2.37. The van der Waals surface area contributed by atoms with Crippen molar-refractivity contribution in [3.05, 3.63) is 95.9 Å². The number of aromatic nitrogens is 2. The van der Waals surface area contributed by atoms with Crippen LogP contribution in [0.1, 0.15) is 36.8 Å². The van der Waals surface area contributed by atoms with Crippen LogP contribution < -0.4 is 9.64 Å². The maximum Gasteiger partial charge on any atom is 0.247 e. The highest BCUT2D eigenvalue weighted by Crippen LogP contribution is 2.48. The average molecular weight is 426 g/mol. The summed E-state index contributed by atoms with van der Waals surface area (Å²) in [6.45, 7) is 5.33. The Morgan fingerprint density at radius 3 is 2.34 bits per heavy atom. The summed E-state index contributed by atoms with van der Waals surface area (Å²) in [7, 11) is 1.70. The van der Waals surface area contributed by atoms with E-state index in [2.05, 4.69) is 71.4 Å². The lowest BCUT2D eigenvalue weighted by molar-refractivity contribution is 0.381. The van der Waals surface area contributed by atoms with Crippen LogP contribution in [0.5, 0.6) is 5.75 Å². The standard InChI is InChI=1S/C27H27N3O2/c1-18(2)25-24(27-29-28-26(32-27)20-12-8-5-9-13-20)22-16-21(31-3)14-15-23(22)30(25)17-19-10-6-4-7-11-19/h4-16,18,24-25H,17H2,1-3H3. The average Bonchev–Trinajstić information content (AvgIpc) is 3.43. The highest BCUT2D eigenvalue weighted by atomic mass is 16.5. The van der Waals surface area contributed by atoms with Gasteiger partial charge < -0.3 is 14.1 Å². The molecular formula is C27H27N3O2. The van der Waals surface area contributed by atoms with E-state index >= 15 is 0 Å². The van der Waals surface area contributed by atoms with E-state index in [-0.39, 0.29) is 12.0 Å². The third-order valence-electron chi connectivity index (χ3n) is 6.19. The number of fused-ring (bicyclic) bond motifs is 1. The fourth-order valence-corrected chi connectivity index (χ4v) is 4.75. The predicted molar refractivity (Wildman–Crippen MR) is 126 cm³/mol. The summed E-state index contributed by atoms with van der Waals surface area (Å²) in [6.07, 6.45) is 0. The number of hydrogen-bond donors (Lipinski definition) is 0. The van der Waals surface area contributed by atoms with E-state index in [1.165, 1.54) is 16.8 Å². The van der Waals surface area contributed by atoms with Gasteiger partial charge in [-0.3, -0.25) is 0 Å². The molecule has 162 valence electrons. The summed E-state index contributed by atoms with van der Waals surface area (Å²) >= 11 is 0. The Bertz CT molecular complexity index is 1190. The highest BCUT2D eigenvalue weighted by Gasteiger charge is 2.44. The van der Waals surface area contributed by atoms with Gasteiger partial charge in [-0.25, -0.2) is 0 Å². The van der Waals surface area contributed by atoms with Crippen molar-refractivity contribution in [3.8, 4) is 17.2 Å². The summed E-state index contributed by atoms with van der Waals surface area (Å²) in [4.78, 5) is 2.48. The van der Waals surface area contributed by atoms with Crippen molar-refractivity contribution in [2.24, 2.45) is 5.92 Å². The molecule has 0 saturated heterocycles. The topological polar surface area (TPSA) is 51.4 Å². The summed E-state index contributed by atoms with van der Waals surface area (Å²) in [5, 5.41) is 8.90. The van der Waals surface area contributed by atoms with Crippen LogP contribution in [0.25, 0.3) is 11.5 Å². The normalized spacial score (nSPS) is 17.6. The van der Waals surface area contributed by atoms with Gasteiger partial charge in [-0.2, -0.15) is 0 Å². The van der Waals surface area contributed by atoms with E-state index in [9.17, 15) is 0 Å². The van der Waals surface area contributed by atoms with Crippen molar-refractivity contribution in [1.82, 2.24) is 10.2 Å². The Balaban J connectivity index is 1.60. The first-order valence-corrected chi connectivity index (χ1v) is 11.0. The minimum atomic E-state index is -0.0335. The van der Waals surface area contributed by atoms with Crippen LogP contribution in [0.3, 0.4) is 0 Å². The molecule has 2 heterocycles. The SMILES string of the molecule is COc1ccc2c(c1)C(c1nnc(-c3ccccc3)o1)C(C(C)C)N2Cc1ccccc1. The van der Waals surface area contributed by atoms with E-state index in [1.54, 1.807) is 7.11 Å². The molecule has 0 amide bonds. The first-order chi connectivity index (χ1) is 15.7. The molecule has 2 atom stereocenters. The van der Waals surface area contributed by atoms with Crippen molar-refractivity contribution in [3.63, 3.8) is 0 Å². The van der Waals surface area contributed by atoms with Crippen LogP contribution >= 0.6 is 0 Å². The quantitative estimate of drug-likeness (QED) is 0.384. The van der Waals surface area contributed by atoms with Gasteiger partial charge in [-0.05, 0) is 47.4 Å². The molecule has 1 aliphatic rings. The predicted octanol–water partition coefficient (Wildman–Crippen LogP) is 5.92. The third-order valence-corrected chi connectivity index (χ3v) is 6.19. The van der Waals surface area contributed by atoms with Gasteiger partial charge in [-0.15, -0.1) is 10.2 Å². The van der Waals surface area contributed by atoms with Crippen molar-refractivity contribution >= 4 is 5.69 Å². The molecule has 32 heavy (non-hydrogen) atoms. The Labute approximate surface area is 188 Å². The zero-order valence-electron chi connectivity index (χ0n) is 18.6. The maximum absolute atomic E-state index is 6.27. The van der Waals surface area contributed by atoms with Crippen molar-refractivity contribution in [2.75, 3.05) is 12.0 Å². The molecule has 4 aromatic rings. The molecule has 0 N–H and O–H groups in total. The third kappa shape index (κ3) is 3.64. The lowest BCUT2D eigenvalue weighted by Crippen LogP contribution is -2.38. The number of anilines is 1. The second kappa shape index (κ2) is 8.50. The van der Waals surface area contributed by atoms with Crippen LogP contribution in [0, 0.1) is 5.92 Å². The van der Waals surface area contributed by atoms with Crippen LogP contribution in [-0.2, 0) is 6.54 Å². The Morgan fingerprint density at radius 1 is 0.938 bits per heavy atom. The molecule has 5 heteroatoms. The van der Waals surface area contributed by atoms with Crippen LogP contribution in [0.15, 0.2) is 83.3 Å². The molecule has 0 aliphatic carbocycles. The number of nitrogens with zero attached hydrogens (tertiary/aromatic N) is 3. The van der Waals surface area contributed by atoms with Crippen LogP contribution in [0.4, 0.5) is 5.69 Å². The van der Waals surface area contributed by atoms with Gasteiger partial charge in [0.1, 0.15) is 5.75 Å². The molecular weight excluding hydrogens is 398 g/mol. The maximum atomic E-state index is 6.27. The van der Waals surface area contributed by atoms with Crippen molar-refractivity contribution in [1.29, 1.82) is 0 Å². The van der Waals surface area contributed by atoms with Crippen molar-refractivity contribution < 1.29 is 9.15 Å². The molecule has 2 unspecified atom stereocenters. The minimum absolute atomic E-state index is 0.0335.